The Morgan fingerprint density at radius 1 is 1.38 bits per heavy atom. The molecule has 1 aromatic heterocycles. The third-order valence-corrected chi connectivity index (χ3v) is 3.04. The fourth-order valence-electron chi connectivity index (χ4n) is 1.57. The van der Waals surface area contributed by atoms with Gasteiger partial charge in [0.1, 0.15) is 17.9 Å². The van der Waals surface area contributed by atoms with Crippen LogP contribution in [0.1, 0.15) is 16.1 Å². The Labute approximate surface area is 127 Å². The lowest BCUT2D eigenvalue weighted by molar-refractivity contribution is -0.384. The van der Waals surface area contributed by atoms with Crippen LogP contribution in [0.15, 0.2) is 41.0 Å². The highest BCUT2D eigenvalue weighted by atomic mass is 79.9. The summed E-state index contributed by atoms with van der Waals surface area (Å²) in [4.78, 5) is 25.2. The molecule has 7 nitrogen and oxygen atoms in total. The minimum Gasteiger partial charge on any atom is -0.486 e. The summed E-state index contributed by atoms with van der Waals surface area (Å²) in [5.41, 5.74) is 0.0377. The molecule has 0 saturated heterocycles. The minimum absolute atomic E-state index is 0.0535. The van der Waals surface area contributed by atoms with Crippen LogP contribution in [0.25, 0.3) is 0 Å². The molecule has 0 fully saturated rings. The zero-order valence-corrected chi connectivity index (χ0v) is 12.1. The number of nitro benzene ring substituents is 1. The van der Waals surface area contributed by atoms with Gasteiger partial charge in [0, 0.05) is 22.8 Å². The number of nitro groups is 1. The molecule has 0 amide bonds. The lowest BCUT2D eigenvalue weighted by Gasteiger charge is -2.08. The van der Waals surface area contributed by atoms with Gasteiger partial charge in [0.25, 0.3) is 5.69 Å². The molecule has 21 heavy (non-hydrogen) atoms. The molecule has 0 aliphatic heterocycles. The van der Waals surface area contributed by atoms with Gasteiger partial charge in [-0.05, 0) is 34.1 Å². The number of halogens is 1. The van der Waals surface area contributed by atoms with E-state index in [0.29, 0.717) is 5.69 Å². The van der Waals surface area contributed by atoms with Crippen molar-refractivity contribution in [3.63, 3.8) is 0 Å². The largest absolute Gasteiger partial charge is 0.486 e. The van der Waals surface area contributed by atoms with Gasteiger partial charge in [-0.25, -0.2) is 4.79 Å². The molecule has 1 aromatic carbocycles. The van der Waals surface area contributed by atoms with E-state index in [9.17, 15) is 14.9 Å². The molecular weight excluding hydrogens is 344 g/mol. The number of carbonyl (C=O) groups is 1. The zero-order chi connectivity index (χ0) is 15.4. The third-order valence-electron chi connectivity index (χ3n) is 2.57. The van der Waals surface area contributed by atoms with Crippen molar-refractivity contribution in [2.24, 2.45) is 0 Å². The number of hydrogen-bond donors (Lipinski definition) is 1. The topological polar surface area (TPSA) is 103 Å². The van der Waals surface area contributed by atoms with Gasteiger partial charge in [-0.2, -0.15) is 0 Å². The van der Waals surface area contributed by atoms with Crippen LogP contribution in [0.4, 0.5) is 5.69 Å². The average Bonchev–Trinajstić information content (AvgIpc) is 2.46. The summed E-state index contributed by atoms with van der Waals surface area (Å²) in [5, 5.41) is 19.7. The smallest absolute Gasteiger partial charge is 0.339 e. The monoisotopic (exact) mass is 352 g/mol. The number of rotatable bonds is 5. The molecule has 0 aliphatic rings. The van der Waals surface area contributed by atoms with E-state index < -0.39 is 10.9 Å². The van der Waals surface area contributed by atoms with Crippen molar-refractivity contribution >= 4 is 27.6 Å². The van der Waals surface area contributed by atoms with E-state index >= 15 is 0 Å². The Morgan fingerprint density at radius 2 is 2.14 bits per heavy atom. The third kappa shape index (κ3) is 3.76. The Balaban J connectivity index is 2.21. The van der Waals surface area contributed by atoms with Crippen LogP contribution >= 0.6 is 15.9 Å². The van der Waals surface area contributed by atoms with Gasteiger partial charge in [0.05, 0.1) is 10.6 Å². The Morgan fingerprint density at radius 3 is 2.71 bits per heavy atom. The van der Waals surface area contributed by atoms with Crippen molar-refractivity contribution < 1.29 is 19.6 Å². The first kappa shape index (κ1) is 14.9. The SMILES string of the molecule is O=C(O)c1cc([N+](=O)[O-])ccc1OCc1ccc(Br)cn1. The molecule has 108 valence electrons. The van der Waals surface area contributed by atoms with Gasteiger partial charge in [-0.15, -0.1) is 0 Å². The summed E-state index contributed by atoms with van der Waals surface area (Å²) in [6.07, 6.45) is 1.59. The Hall–Kier alpha value is -2.48. The van der Waals surface area contributed by atoms with Crippen molar-refractivity contribution in [3.8, 4) is 5.75 Å². The summed E-state index contributed by atoms with van der Waals surface area (Å²) in [7, 11) is 0. The highest BCUT2D eigenvalue weighted by Crippen LogP contribution is 2.25. The van der Waals surface area contributed by atoms with Crippen LogP contribution in [0, 0.1) is 10.1 Å². The van der Waals surface area contributed by atoms with E-state index in [-0.39, 0.29) is 23.6 Å². The first-order valence-corrected chi connectivity index (χ1v) is 6.51. The lowest BCUT2D eigenvalue weighted by atomic mass is 10.2. The molecular formula is C13H9BrN2O5. The van der Waals surface area contributed by atoms with Gasteiger partial charge in [0.2, 0.25) is 0 Å². The second kappa shape index (κ2) is 6.31. The van der Waals surface area contributed by atoms with Crippen LogP contribution in [-0.2, 0) is 6.61 Å². The van der Waals surface area contributed by atoms with Crippen LogP contribution in [0.5, 0.6) is 5.75 Å². The number of benzene rings is 1. The maximum Gasteiger partial charge on any atom is 0.339 e. The molecule has 0 aliphatic carbocycles. The van der Waals surface area contributed by atoms with Crippen LogP contribution in [-0.4, -0.2) is 21.0 Å². The standard InChI is InChI=1S/C13H9BrN2O5/c14-8-1-2-9(15-6-8)7-21-12-4-3-10(16(19)20)5-11(12)13(17)18/h1-6H,7H2,(H,17,18). The van der Waals surface area contributed by atoms with Crippen molar-refractivity contribution in [3.05, 3.63) is 62.4 Å². The molecule has 2 rings (SSSR count). The molecule has 0 bridgehead atoms. The number of aromatic carboxylic acids is 1. The normalized spacial score (nSPS) is 10.1. The molecule has 1 N–H and O–H groups in total. The summed E-state index contributed by atoms with van der Waals surface area (Å²) in [6.45, 7) is 0.0609. The van der Waals surface area contributed by atoms with E-state index in [0.717, 1.165) is 10.5 Å². The van der Waals surface area contributed by atoms with E-state index in [2.05, 4.69) is 20.9 Å². The minimum atomic E-state index is -1.29. The first-order chi connectivity index (χ1) is 9.97. The highest BCUT2D eigenvalue weighted by Gasteiger charge is 2.17. The number of hydrogen-bond acceptors (Lipinski definition) is 5. The molecule has 8 heteroatoms. The van der Waals surface area contributed by atoms with Crippen LogP contribution < -0.4 is 4.74 Å². The molecule has 0 spiro atoms. The Kier molecular flexibility index (Phi) is 4.49. The lowest BCUT2D eigenvalue weighted by Crippen LogP contribution is -2.05. The molecule has 0 radical (unpaired) electrons. The molecule has 2 aromatic rings. The van der Waals surface area contributed by atoms with Gasteiger partial charge in [0.15, 0.2) is 0 Å². The summed E-state index contributed by atoms with van der Waals surface area (Å²) in [6, 6.07) is 6.92. The van der Waals surface area contributed by atoms with Crippen molar-refractivity contribution in [1.82, 2.24) is 4.98 Å². The molecule has 0 saturated carbocycles. The van der Waals surface area contributed by atoms with Crippen LogP contribution in [0.2, 0.25) is 0 Å². The Bertz CT molecular complexity index is 687. The molecule has 0 atom stereocenters. The van der Waals surface area contributed by atoms with Gasteiger partial charge in [-0.3, -0.25) is 15.1 Å². The number of carboxylic acids is 1. The van der Waals surface area contributed by atoms with Crippen LogP contribution in [0.3, 0.4) is 0 Å². The zero-order valence-electron chi connectivity index (χ0n) is 10.5. The predicted molar refractivity (Wildman–Crippen MR) is 76.3 cm³/mol. The quantitative estimate of drug-likeness (QED) is 0.655. The second-order valence-electron chi connectivity index (χ2n) is 4.00. The number of aromatic nitrogens is 1. The summed E-state index contributed by atoms with van der Waals surface area (Å²) in [5.74, 6) is -1.24. The summed E-state index contributed by atoms with van der Waals surface area (Å²) < 4.78 is 6.19. The first-order valence-electron chi connectivity index (χ1n) is 5.72. The second-order valence-corrected chi connectivity index (χ2v) is 4.91. The van der Waals surface area contributed by atoms with E-state index in [4.69, 9.17) is 9.84 Å². The maximum absolute atomic E-state index is 11.1. The fraction of sp³-hybridized carbons (Fsp3) is 0.0769. The number of ether oxygens (including phenoxy) is 1. The predicted octanol–water partition coefficient (Wildman–Crippen LogP) is 3.03. The molecule has 0 unspecified atom stereocenters. The van der Waals surface area contributed by atoms with E-state index in [1.807, 2.05) is 0 Å². The van der Waals surface area contributed by atoms with Gasteiger partial charge >= 0.3 is 5.97 Å². The average molecular weight is 353 g/mol. The number of nitrogens with zero attached hydrogens (tertiary/aromatic N) is 2. The fourth-order valence-corrected chi connectivity index (χ4v) is 1.80. The maximum atomic E-state index is 11.1. The van der Waals surface area contributed by atoms with Crippen molar-refractivity contribution in [1.29, 1.82) is 0 Å². The molecule has 1 heterocycles. The van der Waals surface area contributed by atoms with Crippen molar-refractivity contribution in [2.75, 3.05) is 0 Å². The van der Waals surface area contributed by atoms with Gasteiger partial charge in [-0.1, -0.05) is 0 Å². The number of carboxylic acid groups (broad SMARTS) is 1. The van der Waals surface area contributed by atoms with E-state index in [1.165, 1.54) is 12.1 Å². The van der Waals surface area contributed by atoms with Gasteiger partial charge < -0.3 is 9.84 Å². The summed E-state index contributed by atoms with van der Waals surface area (Å²) >= 11 is 3.25. The van der Waals surface area contributed by atoms with E-state index in [1.54, 1.807) is 18.3 Å². The number of pyridine rings is 1. The van der Waals surface area contributed by atoms with Crippen molar-refractivity contribution in [2.45, 2.75) is 6.61 Å². The highest BCUT2D eigenvalue weighted by molar-refractivity contribution is 9.10. The number of non-ortho nitro benzene ring substituents is 1.